The topological polar surface area (TPSA) is 278 Å². The number of hydrogen-bond donors (Lipinski definition) is 11. The number of aliphatic hydroxyl groups excluding tert-OH is 5. The van der Waals surface area contributed by atoms with Crippen molar-refractivity contribution in [1.82, 2.24) is 0 Å². The third kappa shape index (κ3) is 18.3. The van der Waals surface area contributed by atoms with Crippen LogP contribution in [0.25, 0.3) is 32.7 Å². The zero-order valence-corrected chi connectivity index (χ0v) is 68.4. The predicted molar refractivity (Wildman–Crippen MR) is 452 cm³/mol. The Morgan fingerprint density at radius 2 is 0.591 bits per heavy atom. The first kappa shape index (κ1) is 86.9. The molecule has 0 fully saturated rings. The summed E-state index contributed by atoms with van der Waals surface area (Å²) in [5.41, 5.74) is 18.3. The minimum absolute atomic E-state index is 0.0140. The Balaban J connectivity index is 0.000000192. The second kappa shape index (κ2) is 38.3. The van der Waals surface area contributed by atoms with Crippen LogP contribution in [0, 0.1) is 6.92 Å². The molecular weight excluding hydrogens is 1450 g/mol. The van der Waals surface area contributed by atoms with Crippen LogP contribution in [0.4, 0.5) is 0 Å². The van der Waals surface area contributed by atoms with Gasteiger partial charge in [0.15, 0.2) is 0 Å². The Morgan fingerprint density at radius 1 is 0.296 bits per heavy atom. The number of hydrogen-bond acceptors (Lipinski definition) is 17. The van der Waals surface area contributed by atoms with Crippen molar-refractivity contribution in [3.8, 4) is 45.6 Å². The minimum Gasteiger partial charge on any atom is -0.507 e. The molecule has 17 nitrogen and oxygen atoms in total. The van der Waals surface area contributed by atoms with E-state index in [9.17, 15) is 56.2 Å². The number of rotatable bonds is 29. The zero-order chi connectivity index (χ0) is 83.2. The lowest BCUT2D eigenvalue weighted by Crippen LogP contribution is -2.27. The highest BCUT2D eigenvalue weighted by atomic mass is 16.5. The predicted octanol–water partition coefficient (Wildman–Crippen LogP) is 18.2. The van der Waals surface area contributed by atoms with Crippen LogP contribution in [0.15, 0.2) is 200 Å². The van der Waals surface area contributed by atoms with Crippen molar-refractivity contribution < 1.29 is 84.6 Å². The second-order valence-corrected chi connectivity index (χ2v) is 30.8. The number of aliphatic hydroxyl groups is 5. The molecule has 0 aliphatic carbocycles. The SMILES string of the molecule is CC(C)(c1cc(CO)c(O)c(CO)c1)c1cc(CO)c(O)c(CO)c1.COCc1cc(C(C)(C)c2ccc(C(C)(c3cc(COC)c(O)c(COC)c3)c3cc(COC)c(O)c(COC)c3)cc2)cc(COC)c1O.Cc1cc(-c2ccccc2)c(O)c(C(C)c2ccc(C(C)c3c4ccccc4c(CO)c4ccccc34)cc2)c1. The molecule has 0 saturated carbocycles. The van der Waals surface area contributed by atoms with Crippen molar-refractivity contribution in [2.75, 3.05) is 42.7 Å². The van der Waals surface area contributed by atoms with Crippen LogP contribution in [0.3, 0.4) is 0 Å². The molecule has 2 unspecified atom stereocenters. The van der Waals surface area contributed by atoms with E-state index in [1.807, 2.05) is 92.7 Å². The van der Waals surface area contributed by atoms with Crippen LogP contribution in [0.1, 0.15) is 188 Å². The van der Waals surface area contributed by atoms with Crippen molar-refractivity contribution in [2.45, 2.75) is 156 Å². The van der Waals surface area contributed by atoms with Crippen LogP contribution in [0.2, 0.25) is 0 Å². The average Bonchev–Trinajstić information content (AvgIpc) is 0.748. The maximum absolute atomic E-state index is 11.3. The minimum atomic E-state index is -0.782. The van der Waals surface area contributed by atoms with Gasteiger partial charge in [-0.05, 0) is 174 Å². The number of phenols is 6. The highest BCUT2D eigenvalue weighted by Crippen LogP contribution is 2.48. The molecule has 0 amide bonds. The number of methoxy groups -OCH3 is 6. The van der Waals surface area contributed by atoms with Gasteiger partial charge in [-0.3, -0.25) is 0 Å². The molecule has 0 aliphatic rings. The molecule has 2 atom stereocenters. The second-order valence-electron chi connectivity index (χ2n) is 30.8. The molecule has 0 radical (unpaired) electrons. The number of ether oxygens (including phenoxy) is 6. The standard InChI is InChI=1S/C41H52O9.C38H34O2.C19H24O6/c1-40(2,34-14-26(20-45-4)37(42)27(15-34)21-46-5)32-10-12-33(13-11-32)41(3,35-16-28(22-47-6)38(43)29(17-35)23-48-7)36-18-30(24-49-8)39(44)31(19-36)25-50-9;1-24-21-34(38(40)35(22-24)29-11-5-4-6-12-29)25(2)27-17-19-28(20-18-27)26(3)37-32-15-9-7-13-30(32)36(23-39)31-14-8-10-16-33(31)37;1-19(2,15-3-11(7-20)17(24)12(4-15)8-21)16-5-13(9-22)18(25)14(6-16)10-23/h10-19,42-44H,20-25H2,1-9H3;4-22,25-26,39-40H,23H2,1-3H3;3-6,20-25H,7-10H2,1-2H3. The van der Waals surface area contributed by atoms with Crippen molar-refractivity contribution in [3.63, 3.8) is 0 Å². The Kier molecular flexibility index (Phi) is 29.0. The third-order valence-corrected chi connectivity index (χ3v) is 22.8. The van der Waals surface area contributed by atoms with E-state index in [4.69, 9.17) is 28.4 Å². The smallest absolute Gasteiger partial charge is 0.127 e. The fourth-order valence-corrected chi connectivity index (χ4v) is 15.9. The Hall–Kier alpha value is -10.5. The number of aromatic hydroxyl groups is 6. The molecule has 11 N–H and O–H groups in total. The molecule has 0 saturated heterocycles. The fraction of sp³-hybridized carbons (Fsp3) is 0.306. The van der Waals surface area contributed by atoms with Crippen LogP contribution >= 0.6 is 0 Å². The van der Waals surface area contributed by atoms with Crippen molar-refractivity contribution in [3.05, 3.63) is 328 Å². The van der Waals surface area contributed by atoms with Crippen molar-refractivity contribution in [1.29, 1.82) is 0 Å². The van der Waals surface area contributed by atoms with Gasteiger partial charge in [0.25, 0.3) is 0 Å². The van der Waals surface area contributed by atoms with Crippen LogP contribution in [-0.2, 0) is 117 Å². The Labute approximate surface area is 675 Å². The van der Waals surface area contributed by atoms with Gasteiger partial charge in [-0.15, -0.1) is 0 Å². The van der Waals surface area contributed by atoms with Gasteiger partial charge in [-0.2, -0.15) is 0 Å². The van der Waals surface area contributed by atoms with Crippen LogP contribution < -0.4 is 0 Å². The van der Waals surface area contributed by atoms with Crippen molar-refractivity contribution >= 4 is 21.5 Å². The van der Waals surface area contributed by atoms with E-state index in [0.717, 1.165) is 77.5 Å². The lowest BCUT2D eigenvalue weighted by Gasteiger charge is -2.35. The molecule has 12 aromatic carbocycles. The van der Waals surface area contributed by atoms with Gasteiger partial charge in [0.1, 0.15) is 34.5 Å². The molecule has 0 aromatic heterocycles. The molecule has 604 valence electrons. The Morgan fingerprint density at radius 3 is 0.930 bits per heavy atom. The fourth-order valence-electron chi connectivity index (χ4n) is 15.9. The van der Waals surface area contributed by atoms with E-state index < -0.39 is 16.2 Å². The lowest BCUT2D eigenvalue weighted by molar-refractivity contribution is 0.174. The van der Waals surface area contributed by atoms with Gasteiger partial charge < -0.3 is 84.6 Å². The number of aryl methyl sites for hydroxylation is 1. The summed E-state index contributed by atoms with van der Waals surface area (Å²) in [6, 6.07) is 66.9. The summed E-state index contributed by atoms with van der Waals surface area (Å²) in [4.78, 5) is 0. The molecule has 115 heavy (non-hydrogen) atoms. The van der Waals surface area contributed by atoms with Gasteiger partial charge >= 0.3 is 0 Å². The van der Waals surface area contributed by atoms with E-state index in [1.54, 1.807) is 66.9 Å². The molecule has 0 spiro atoms. The summed E-state index contributed by atoms with van der Waals surface area (Å²) in [5, 5.41) is 117. The van der Waals surface area contributed by atoms with E-state index in [0.29, 0.717) is 61.4 Å². The summed E-state index contributed by atoms with van der Waals surface area (Å²) >= 11 is 0. The number of benzene rings is 12. The van der Waals surface area contributed by atoms with E-state index in [2.05, 4.69) is 139 Å². The van der Waals surface area contributed by atoms with Gasteiger partial charge in [0, 0.05) is 138 Å². The summed E-state index contributed by atoms with van der Waals surface area (Å²) in [6.07, 6.45) is 0. The quantitative estimate of drug-likeness (QED) is 0.0154. The number of fused-ring (bicyclic) bond motifs is 2. The molecule has 0 heterocycles. The van der Waals surface area contributed by atoms with Gasteiger partial charge in [0.05, 0.1) is 72.7 Å². The monoisotopic (exact) mass is 1560 g/mol. The highest BCUT2D eigenvalue weighted by molar-refractivity contribution is 6.06. The van der Waals surface area contributed by atoms with E-state index >= 15 is 0 Å². The molecule has 0 bridgehead atoms. The first-order valence-corrected chi connectivity index (χ1v) is 38.4. The maximum Gasteiger partial charge on any atom is 0.127 e. The van der Waals surface area contributed by atoms with Crippen molar-refractivity contribution in [2.24, 2.45) is 0 Å². The Bertz CT molecular complexity index is 5020. The third-order valence-electron chi connectivity index (χ3n) is 22.8. The first-order valence-electron chi connectivity index (χ1n) is 38.4. The summed E-state index contributed by atoms with van der Waals surface area (Å²) < 4.78 is 32.8. The van der Waals surface area contributed by atoms with Gasteiger partial charge in [-0.1, -0.05) is 175 Å². The number of phenolic OH excluding ortho intramolecular Hbond substituents is 4. The summed E-state index contributed by atoms with van der Waals surface area (Å²) in [6.45, 7) is 16.7. The molecule has 12 aromatic rings. The van der Waals surface area contributed by atoms with E-state index in [-0.39, 0.29) is 113 Å². The average molecular weight is 1560 g/mol. The zero-order valence-electron chi connectivity index (χ0n) is 68.4. The molecular formula is C98H110O17. The largest absolute Gasteiger partial charge is 0.507 e. The van der Waals surface area contributed by atoms with E-state index in [1.165, 1.54) is 27.5 Å². The summed E-state index contributed by atoms with van der Waals surface area (Å²) in [5.74, 6) is 0.729. The lowest BCUT2D eigenvalue weighted by atomic mass is 9.68. The maximum atomic E-state index is 11.3. The molecule has 0 aliphatic heterocycles. The molecule has 12 rings (SSSR count). The van der Waals surface area contributed by atoms with Crippen LogP contribution in [-0.4, -0.2) is 98.8 Å². The van der Waals surface area contributed by atoms with Gasteiger partial charge in [-0.25, -0.2) is 0 Å². The highest BCUT2D eigenvalue weighted by Gasteiger charge is 2.36. The first-order chi connectivity index (χ1) is 55.2. The van der Waals surface area contributed by atoms with Crippen LogP contribution in [0.5, 0.6) is 34.5 Å². The summed E-state index contributed by atoms with van der Waals surface area (Å²) in [7, 11) is 9.61. The van der Waals surface area contributed by atoms with Gasteiger partial charge in [0.2, 0.25) is 0 Å². The molecule has 17 heteroatoms. The normalized spacial score (nSPS) is 12.3.